The quantitative estimate of drug-likeness (QED) is 0.776. The molecule has 0 aromatic carbocycles. The first-order valence-corrected chi connectivity index (χ1v) is 7.60. The minimum absolute atomic E-state index is 0.339. The Morgan fingerprint density at radius 2 is 1.89 bits per heavy atom. The molecule has 2 nitrogen and oxygen atoms in total. The fraction of sp³-hybridized carbons (Fsp3) is 1.00. The lowest BCUT2D eigenvalue weighted by Gasteiger charge is -2.52. The van der Waals surface area contributed by atoms with Crippen molar-refractivity contribution in [3.05, 3.63) is 0 Å². The zero-order valence-electron chi connectivity index (χ0n) is 12.9. The summed E-state index contributed by atoms with van der Waals surface area (Å²) < 4.78 is 0. The van der Waals surface area contributed by atoms with E-state index in [0.717, 1.165) is 12.5 Å². The summed E-state index contributed by atoms with van der Waals surface area (Å²) in [6.07, 6.45) is 3.86. The van der Waals surface area contributed by atoms with Gasteiger partial charge in [0.15, 0.2) is 0 Å². The Labute approximate surface area is 113 Å². The van der Waals surface area contributed by atoms with Gasteiger partial charge in [0.25, 0.3) is 0 Å². The third-order valence-corrected chi connectivity index (χ3v) is 5.21. The summed E-state index contributed by atoms with van der Waals surface area (Å²) in [5, 5.41) is 9.55. The van der Waals surface area contributed by atoms with Crippen molar-refractivity contribution in [2.24, 2.45) is 22.7 Å². The van der Waals surface area contributed by atoms with Gasteiger partial charge in [0.1, 0.15) is 0 Å². The molecule has 0 bridgehead atoms. The second-order valence-electron chi connectivity index (χ2n) is 8.30. The Balaban J connectivity index is 2.26. The molecule has 0 aliphatic carbocycles. The highest BCUT2D eigenvalue weighted by Gasteiger charge is 2.46. The van der Waals surface area contributed by atoms with Gasteiger partial charge in [-0.15, -0.1) is 0 Å². The molecule has 3 atom stereocenters. The smallest absolute Gasteiger partial charge is 0.0471 e. The van der Waals surface area contributed by atoms with Gasteiger partial charge in [-0.1, -0.05) is 34.6 Å². The van der Waals surface area contributed by atoms with Crippen LogP contribution in [0.15, 0.2) is 0 Å². The molecule has 2 heteroatoms. The van der Waals surface area contributed by atoms with Crippen molar-refractivity contribution in [2.75, 3.05) is 19.7 Å². The highest BCUT2D eigenvalue weighted by molar-refractivity contribution is 4.99. The summed E-state index contributed by atoms with van der Waals surface area (Å²) in [6, 6.07) is 0.696. The molecule has 2 aliphatic heterocycles. The second kappa shape index (κ2) is 4.79. The van der Waals surface area contributed by atoms with Crippen LogP contribution in [0.4, 0.5) is 0 Å². The number of rotatable bonds is 1. The van der Waals surface area contributed by atoms with E-state index in [1.165, 1.54) is 25.8 Å². The maximum absolute atomic E-state index is 9.55. The fourth-order valence-electron chi connectivity index (χ4n) is 4.69. The minimum Gasteiger partial charge on any atom is -0.396 e. The van der Waals surface area contributed by atoms with Crippen LogP contribution >= 0.6 is 0 Å². The van der Waals surface area contributed by atoms with Crippen molar-refractivity contribution in [3.8, 4) is 0 Å². The lowest BCUT2D eigenvalue weighted by atomic mass is 9.68. The van der Waals surface area contributed by atoms with E-state index in [0.29, 0.717) is 29.4 Å². The SMILES string of the molecule is CC1CCC(C)(C)CN2CC(CO)CC(C)(C)C12. The van der Waals surface area contributed by atoms with Crippen LogP contribution in [0.1, 0.15) is 53.9 Å². The van der Waals surface area contributed by atoms with Crippen molar-refractivity contribution < 1.29 is 5.11 Å². The summed E-state index contributed by atoms with van der Waals surface area (Å²) in [5.74, 6) is 1.25. The maximum Gasteiger partial charge on any atom is 0.0471 e. The third kappa shape index (κ3) is 2.75. The normalized spacial score (nSPS) is 40.0. The molecule has 2 heterocycles. The summed E-state index contributed by atoms with van der Waals surface area (Å²) in [4.78, 5) is 2.70. The van der Waals surface area contributed by atoms with Crippen LogP contribution in [-0.2, 0) is 0 Å². The Morgan fingerprint density at radius 3 is 2.50 bits per heavy atom. The monoisotopic (exact) mass is 253 g/mol. The summed E-state index contributed by atoms with van der Waals surface area (Å²) >= 11 is 0. The molecule has 1 N–H and O–H groups in total. The standard InChI is InChI=1S/C16H31NO/c1-12-6-7-15(2,3)11-17-9-13(10-18)8-16(4,5)14(12)17/h12-14,18H,6-11H2,1-5H3. The Kier molecular flexibility index (Phi) is 3.81. The first-order chi connectivity index (χ1) is 8.25. The highest BCUT2D eigenvalue weighted by Crippen LogP contribution is 2.46. The van der Waals surface area contributed by atoms with Crippen LogP contribution in [0.2, 0.25) is 0 Å². The van der Waals surface area contributed by atoms with Crippen molar-refractivity contribution in [1.82, 2.24) is 4.90 Å². The molecule has 0 radical (unpaired) electrons. The van der Waals surface area contributed by atoms with Crippen LogP contribution in [-0.4, -0.2) is 35.7 Å². The maximum atomic E-state index is 9.55. The van der Waals surface area contributed by atoms with E-state index in [1.54, 1.807) is 0 Å². The van der Waals surface area contributed by atoms with E-state index in [2.05, 4.69) is 39.5 Å². The summed E-state index contributed by atoms with van der Waals surface area (Å²) in [5.41, 5.74) is 0.766. The largest absolute Gasteiger partial charge is 0.396 e. The molecule has 0 amide bonds. The zero-order chi connectivity index (χ0) is 13.6. The van der Waals surface area contributed by atoms with Gasteiger partial charge in [0.2, 0.25) is 0 Å². The van der Waals surface area contributed by atoms with Crippen LogP contribution in [0, 0.1) is 22.7 Å². The predicted molar refractivity (Wildman–Crippen MR) is 76.5 cm³/mol. The van der Waals surface area contributed by atoms with Gasteiger partial charge in [-0.3, -0.25) is 4.90 Å². The highest BCUT2D eigenvalue weighted by atomic mass is 16.3. The Hall–Kier alpha value is -0.0800. The van der Waals surface area contributed by atoms with Gasteiger partial charge in [-0.2, -0.15) is 0 Å². The summed E-state index contributed by atoms with van der Waals surface area (Å²) in [7, 11) is 0. The van der Waals surface area contributed by atoms with Crippen molar-refractivity contribution in [2.45, 2.75) is 59.9 Å². The van der Waals surface area contributed by atoms with E-state index in [4.69, 9.17) is 0 Å². The van der Waals surface area contributed by atoms with Gasteiger partial charge >= 0.3 is 0 Å². The lowest BCUT2D eigenvalue weighted by molar-refractivity contribution is -0.0399. The predicted octanol–water partition coefficient (Wildman–Crippen LogP) is 3.15. The number of hydrogen-bond acceptors (Lipinski definition) is 2. The van der Waals surface area contributed by atoms with Gasteiger partial charge in [0.05, 0.1) is 0 Å². The molecule has 0 aromatic rings. The van der Waals surface area contributed by atoms with Gasteiger partial charge < -0.3 is 5.11 Å². The van der Waals surface area contributed by atoms with E-state index in [-0.39, 0.29) is 0 Å². The average Bonchev–Trinajstić information content (AvgIpc) is 2.34. The molecular weight excluding hydrogens is 222 g/mol. The molecule has 2 saturated heterocycles. The molecule has 0 saturated carbocycles. The number of aliphatic hydroxyl groups is 1. The van der Waals surface area contributed by atoms with Crippen molar-refractivity contribution >= 4 is 0 Å². The zero-order valence-corrected chi connectivity index (χ0v) is 12.9. The molecule has 2 aliphatic rings. The number of hydrogen-bond donors (Lipinski definition) is 1. The Bertz CT molecular complexity index is 297. The second-order valence-corrected chi connectivity index (χ2v) is 8.30. The molecule has 0 spiro atoms. The topological polar surface area (TPSA) is 23.5 Å². The van der Waals surface area contributed by atoms with Crippen molar-refractivity contribution in [3.63, 3.8) is 0 Å². The van der Waals surface area contributed by atoms with E-state index in [1.807, 2.05) is 0 Å². The third-order valence-electron chi connectivity index (χ3n) is 5.21. The average molecular weight is 253 g/mol. The summed E-state index contributed by atoms with van der Waals surface area (Å²) in [6.45, 7) is 14.7. The number of fused-ring (bicyclic) bond motifs is 1. The van der Waals surface area contributed by atoms with E-state index in [9.17, 15) is 5.11 Å². The first kappa shape index (κ1) is 14.3. The van der Waals surface area contributed by atoms with E-state index < -0.39 is 0 Å². The lowest BCUT2D eigenvalue weighted by Crippen LogP contribution is -2.56. The van der Waals surface area contributed by atoms with Crippen LogP contribution in [0.5, 0.6) is 0 Å². The van der Waals surface area contributed by atoms with Gasteiger partial charge in [-0.05, 0) is 41.9 Å². The van der Waals surface area contributed by atoms with Crippen molar-refractivity contribution in [1.29, 1.82) is 0 Å². The fourth-order valence-corrected chi connectivity index (χ4v) is 4.69. The number of aliphatic hydroxyl groups excluding tert-OH is 1. The molecule has 18 heavy (non-hydrogen) atoms. The number of piperidine rings is 1. The molecule has 2 rings (SSSR count). The molecular formula is C16H31NO. The van der Waals surface area contributed by atoms with Crippen LogP contribution < -0.4 is 0 Å². The van der Waals surface area contributed by atoms with Gasteiger partial charge in [-0.25, -0.2) is 0 Å². The van der Waals surface area contributed by atoms with E-state index >= 15 is 0 Å². The van der Waals surface area contributed by atoms with Crippen LogP contribution in [0.3, 0.4) is 0 Å². The van der Waals surface area contributed by atoms with Crippen LogP contribution in [0.25, 0.3) is 0 Å². The molecule has 2 fully saturated rings. The Morgan fingerprint density at radius 1 is 1.22 bits per heavy atom. The van der Waals surface area contributed by atoms with Gasteiger partial charge in [0, 0.05) is 25.7 Å². The molecule has 106 valence electrons. The molecule has 3 unspecified atom stereocenters. The first-order valence-electron chi connectivity index (χ1n) is 7.60. The number of nitrogens with zero attached hydrogens (tertiary/aromatic N) is 1. The minimum atomic E-state index is 0.339. The molecule has 0 aromatic heterocycles.